The first kappa shape index (κ1) is 50.6. The maximum absolute atomic E-state index is 14.4. The second-order valence-corrected chi connectivity index (χ2v) is 17.6. The first-order valence-electron chi connectivity index (χ1n) is 23.4. The molecule has 1 amide bonds. The van der Waals surface area contributed by atoms with Crippen LogP contribution in [-0.2, 0) is 51.3 Å². The Hall–Kier alpha value is -3.44. The highest BCUT2D eigenvalue weighted by Crippen LogP contribution is 2.38. The summed E-state index contributed by atoms with van der Waals surface area (Å²) in [4.78, 5) is 44.6. The Labute approximate surface area is 375 Å². The van der Waals surface area contributed by atoms with E-state index in [-0.39, 0.29) is 48.0 Å². The molecule has 9 atom stereocenters. The van der Waals surface area contributed by atoms with Gasteiger partial charge in [-0.3, -0.25) is 19.3 Å². The third-order valence-electron chi connectivity index (χ3n) is 13.2. The number of ketones is 2. The minimum atomic E-state index is -0.744. The lowest BCUT2D eigenvalue weighted by Crippen LogP contribution is -2.51. The van der Waals surface area contributed by atoms with E-state index in [1.807, 2.05) is 67.6 Å². The zero-order valence-corrected chi connectivity index (χ0v) is 37.8. The van der Waals surface area contributed by atoms with Crippen LogP contribution in [0, 0.1) is 35.0 Å². The van der Waals surface area contributed by atoms with Gasteiger partial charge in [0, 0.05) is 58.1 Å². The number of carbonyl (C=O) groups is 3. The van der Waals surface area contributed by atoms with Crippen molar-refractivity contribution in [3.05, 3.63) is 71.8 Å². The second kappa shape index (κ2) is 27.8. The lowest BCUT2D eigenvalue weighted by atomic mass is 9.70. The maximum atomic E-state index is 14.4. The summed E-state index contributed by atoms with van der Waals surface area (Å²) in [5.41, 5.74) is 8.76. The van der Waals surface area contributed by atoms with E-state index in [1.54, 1.807) is 7.11 Å². The molecule has 9 unspecified atom stereocenters. The molecule has 350 valence electrons. The van der Waals surface area contributed by atoms with Crippen LogP contribution in [0.4, 0.5) is 0 Å². The van der Waals surface area contributed by atoms with Crippen LogP contribution in [0.1, 0.15) is 75.8 Å². The van der Waals surface area contributed by atoms with Crippen LogP contribution < -0.4 is 16.4 Å². The number of Topliss-reactive ketones (excluding diaryl/α,β-unsaturated/α-hetero) is 2. The van der Waals surface area contributed by atoms with Crippen molar-refractivity contribution in [3.63, 3.8) is 0 Å². The summed E-state index contributed by atoms with van der Waals surface area (Å²) >= 11 is 0. The second-order valence-electron chi connectivity index (χ2n) is 17.6. The van der Waals surface area contributed by atoms with Crippen molar-refractivity contribution in [1.82, 2.24) is 15.5 Å². The fourth-order valence-corrected chi connectivity index (χ4v) is 9.41. The summed E-state index contributed by atoms with van der Waals surface area (Å²) in [7, 11) is 1.63. The normalized spacial score (nSPS) is 29.2. The molecule has 2 saturated carbocycles. The zero-order valence-electron chi connectivity index (χ0n) is 37.8. The van der Waals surface area contributed by atoms with Crippen molar-refractivity contribution in [3.8, 4) is 0 Å². The smallest absolute Gasteiger partial charge is 0.225 e. The Kier molecular flexibility index (Phi) is 22.3. The number of aliphatic hydroxyl groups excluding tert-OH is 1. The fraction of sp³-hybridized carbons (Fsp3) is 0.673. The van der Waals surface area contributed by atoms with Gasteiger partial charge in [-0.25, -0.2) is 0 Å². The van der Waals surface area contributed by atoms with Gasteiger partial charge in [0.2, 0.25) is 5.91 Å². The van der Waals surface area contributed by atoms with E-state index in [9.17, 15) is 19.5 Å². The van der Waals surface area contributed by atoms with E-state index >= 15 is 0 Å². The fourth-order valence-electron chi connectivity index (χ4n) is 9.41. The van der Waals surface area contributed by atoms with Gasteiger partial charge in [0.15, 0.2) is 11.6 Å². The standard InChI is InChI=1S/C49H75N5O9/c1-35-19-22-52-23-20-42(50)45(56)40-17-10-18-41(48(40)63-34-37-13-7-4-8-14-37)49(58)53-24-26-54(27-28-60-31-32-61-30-29-59-2)25-21-43(51)46(57)39-16-9-15-38(44(35)55)47(39)62-33-36-11-5-3-6-12-36/h3-8,11-14,35,38-41,43-44,47-48,50,52,55H,9-10,15-34,51H2,1-2H3,(H,53,58). The summed E-state index contributed by atoms with van der Waals surface area (Å²) < 4.78 is 29.6. The molecule has 4 bridgehead atoms. The van der Waals surface area contributed by atoms with E-state index < -0.39 is 42.1 Å². The van der Waals surface area contributed by atoms with Gasteiger partial charge in [0.05, 0.1) is 88.1 Å². The van der Waals surface area contributed by atoms with E-state index in [2.05, 4.69) is 15.5 Å². The Morgan fingerprint density at radius 3 is 2.05 bits per heavy atom. The molecule has 1 saturated heterocycles. The van der Waals surface area contributed by atoms with Gasteiger partial charge in [-0.15, -0.1) is 0 Å². The number of amides is 1. The molecular formula is C49H75N5O9. The highest BCUT2D eigenvalue weighted by Gasteiger charge is 2.45. The molecule has 14 nitrogen and oxygen atoms in total. The molecule has 2 aromatic rings. The van der Waals surface area contributed by atoms with Crippen LogP contribution in [0.15, 0.2) is 60.7 Å². The van der Waals surface area contributed by atoms with Gasteiger partial charge in [0.1, 0.15) is 0 Å². The van der Waals surface area contributed by atoms with Crippen molar-refractivity contribution in [2.75, 3.05) is 79.4 Å². The van der Waals surface area contributed by atoms with Gasteiger partial charge in [0.25, 0.3) is 0 Å². The molecule has 3 fully saturated rings. The monoisotopic (exact) mass is 878 g/mol. The van der Waals surface area contributed by atoms with E-state index in [0.29, 0.717) is 117 Å². The summed E-state index contributed by atoms with van der Waals surface area (Å²) in [6, 6.07) is 18.9. The molecule has 3 aliphatic rings. The van der Waals surface area contributed by atoms with Crippen LogP contribution in [0.25, 0.3) is 0 Å². The Morgan fingerprint density at radius 2 is 1.35 bits per heavy atom. The quantitative estimate of drug-likeness (QED) is 0.159. The lowest BCUT2D eigenvalue weighted by molar-refractivity contribution is -0.144. The number of nitrogens with two attached hydrogens (primary N) is 1. The molecule has 1 aliphatic heterocycles. The molecule has 0 aromatic heterocycles. The zero-order chi connectivity index (χ0) is 44.8. The minimum Gasteiger partial charge on any atom is -0.392 e. The number of rotatable bonds is 15. The SMILES string of the molecule is COCCOCCOCCN1CCNC(=O)C2CCCC(C(=O)C(=N)CCNCCC(C)C(O)C3CCCC(C(=O)C(N)CC1)C3OCc1ccccc1)C2OCc1ccccc1. The number of nitrogens with zero attached hydrogens (tertiary/aromatic N) is 1. The van der Waals surface area contributed by atoms with Gasteiger partial charge in [-0.2, -0.15) is 0 Å². The number of ether oxygens (including phenoxy) is 5. The average molecular weight is 878 g/mol. The van der Waals surface area contributed by atoms with Crippen molar-refractivity contribution in [2.45, 2.75) is 102 Å². The predicted molar refractivity (Wildman–Crippen MR) is 242 cm³/mol. The van der Waals surface area contributed by atoms with E-state index in [1.165, 1.54) is 0 Å². The van der Waals surface area contributed by atoms with Gasteiger partial charge >= 0.3 is 0 Å². The number of benzene rings is 2. The molecule has 2 aliphatic carbocycles. The molecule has 0 spiro atoms. The number of aliphatic hydroxyl groups is 1. The van der Waals surface area contributed by atoms with Crippen LogP contribution in [0.3, 0.4) is 0 Å². The Balaban J connectivity index is 1.33. The largest absolute Gasteiger partial charge is 0.392 e. The van der Waals surface area contributed by atoms with Gasteiger partial charge < -0.3 is 50.6 Å². The lowest BCUT2D eigenvalue weighted by Gasteiger charge is -2.42. The van der Waals surface area contributed by atoms with Crippen molar-refractivity contribution < 1.29 is 43.2 Å². The first-order chi connectivity index (χ1) is 30.7. The van der Waals surface area contributed by atoms with Crippen LogP contribution >= 0.6 is 0 Å². The number of hydrogen-bond acceptors (Lipinski definition) is 13. The van der Waals surface area contributed by atoms with Crippen LogP contribution in [0.2, 0.25) is 0 Å². The molecule has 1 heterocycles. The van der Waals surface area contributed by atoms with E-state index in [0.717, 1.165) is 24.0 Å². The number of nitrogens with one attached hydrogen (secondary N) is 3. The number of methoxy groups -OCH3 is 1. The number of hydrogen-bond donors (Lipinski definition) is 5. The van der Waals surface area contributed by atoms with E-state index in [4.69, 9.17) is 34.8 Å². The van der Waals surface area contributed by atoms with Crippen molar-refractivity contribution in [1.29, 1.82) is 5.41 Å². The molecular weight excluding hydrogens is 803 g/mol. The maximum Gasteiger partial charge on any atom is 0.225 e. The minimum absolute atomic E-state index is 0.0262. The van der Waals surface area contributed by atoms with Crippen LogP contribution in [0.5, 0.6) is 0 Å². The molecule has 63 heavy (non-hydrogen) atoms. The Bertz CT molecular complexity index is 1650. The number of fused-ring (bicyclic) bond motifs is 4. The summed E-state index contributed by atoms with van der Waals surface area (Å²) in [6.07, 6.45) is 3.42. The number of carbonyl (C=O) groups excluding carboxylic acids is 3. The molecule has 5 rings (SSSR count). The third-order valence-corrected chi connectivity index (χ3v) is 13.2. The summed E-state index contributed by atoms with van der Waals surface area (Å²) in [5.74, 6) is -2.44. The first-order valence-corrected chi connectivity index (χ1v) is 23.4. The van der Waals surface area contributed by atoms with Crippen LogP contribution in [-0.4, -0.2) is 137 Å². The molecule has 2 aromatic carbocycles. The van der Waals surface area contributed by atoms with Gasteiger partial charge in [-0.05, 0) is 62.1 Å². The van der Waals surface area contributed by atoms with Gasteiger partial charge in [-0.1, -0.05) is 80.4 Å². The highest BCUT2D eigenvalue weighted by atomic mass is 16.5. The average Bonchev–Trinajstić information content (AvgIpc) is 3.31. The summed E-state index contributed by atoms with van der Waals surface area (Å²) in [6.45, 7) is 7.79. The molecule has 0 radical (unpaired) electrons. The third kappa shape index (κ3) is 16.2. The van der Waals surface area contributed by atoms with Crippen molar-refractivity contribution >= 4 is 23.2 Å². The highest BCUT2D eigenvalue weighted by molar-refractivity contribution is 6.39. The predicted octanol–water partition coefficient (Wildman–Crippen LogP) is 4.34. The van der Waals surface area contributed by atoms with Crippen molar-refractivity contribution in [2.24, 2.45) is 35.3 Å². The molecule has 14 heteroatoms. The Morgan fingerprint density at radius 1 is 0.730 bits per heavy atom. The summed E-state index contributed by atoms with van der Waals surface area (Å²) in [5, 5.41) is 27.3. The topological polar surface area (TPSA) is 195 Å². The molecule has 6 N–H and O–H groups in total.